The number of benzene rings is 1. The van der Waals surface area contributed by atoms with Crippen LogP contribution >= 0.6 is 0 Å². The fraction of sp³-hybridized carbons (Fsp3) is 0.154. The van der Waals surface area contributed by atoms with E-state index in [1.807, 2.05) is 5.43 Å². The normalized spacial score (nSPS) is 13.2. The minimum absolute atomic E-state index is 0.462. The topological polar surface area (TPSA) is 50.9 Å². The van der Waals surface area contributed by atoms with Crippen LogP contribution in [0.5, 0.6) is 0 Å². The summed E-state index contributed by atoms with van der Waals surface area (Å²) in [6.45, 7) is 0. The molecule has 3 N–H and O–H groups in total. The van der Waals surface area contributed by atoms with Gasteiger partial charge in [-0.2, -0.15) is 13.2 Å². The Balaban J connectivity index is 2.63. The Bertz CT molecular complexity index is 622. The molecule has 1 heterocycles. The Labute approximate surface area is 116 Å². The van der Waals surface area contributed by atoms with Gasteiger partial charge in [-0.15, -0.1) is 0 Å². The molecule has 0 radical (unpaired) electrons. The molecule has 21 heavy (non-hydrogen) atoms. The second-order valence-electron chi connectivity index (χ2n) is 4.20. The minimum atomic E-state index is -4.70. The lowest BCUT2D eigenvalue weighted by molar-refractivity contribution is -0.138. The van der Waals surface area contributed by atoms with E-state index >= 15 is 0 Å². The van der Waals surface area contributed by atoms with Crippen molar-refractivity contribution < 1.29 is 22.0 Å². The number of hydrogen-bond donors (Lipinski definition) is 2. The number of alkyl halides is 3. The van der Waals surface area contributed by atoms with Crippen LogP contribution in [0.2, 0.25) is 0 Å². The molecule has 0 bridgehead atoms. The lowest BCUT2D eigenvalue weighted by Crippen LogP contribution is -2.32. The molecule has 8 heteroatoms. The first kappa shape index (κ1) is 15.3. The number of nitrogens with one attached hydrogen (secondary N) is 1. The molecule has 112 valence electrons. The molecule has 0 aliphatic carbocycles. The lowest BCUT2D eigenvalue weighted by atomic mass is 9.95. The molecule has 1 atom stereocenters. The van der Waals surface area contributed by atoms with Crippen LogP contribution < -0.4 is 11.3 Å². The average molecular weight is 303 g/mol. The van der Waals surface area contributed by atoms with Crippen LogP contribution in [0, 0.1) is 11.6 Å². The largest absolute Gasteiger partial charge is 0.416 e. The van der Waals surface area contributed by atoms with Gasteiger partial charge < -0.3 is 0 Å². The Morgan fingerprint density at radius 3 is 2.24 bits per heavy atom. The van der Waals surface area contributed by atoms with Crippen LogP contribution in [-0.2, 0) is 6.18 Å². The van der Waals surface area contributed by atoms with Gasteiger partial charge in [-0.25, -0.2) is 14.2 Å². The monoisotopic (exact) mass is 303 g/mol. The molecule has 1 aromatic carbocycles. The van der Waals surface area contributed by atoms with Gasteiger partial charge >= 0.3 is 6.18 Å². The van der Waals surface area contributed by atoms with Gasteiger partial charge in [-0.3, -0.25) is 10.8 Å². The van der Waals surface area contributed by atoms with Crippen LogP contribution in [0.4, 0.5) is 22.0 Å². The van der Waals surface area contributed by atoms with Gasteiger partial charge in [-0.05, 0) is 18.2 Å². The smallest absolute Gasteiger partial charge is 0.271 e. The van der Waals surface area contributed by atoms with Gasteiger partial charge in [0.1, 0.15) is 11.6 Å². The van der Waals surface area contributed by atoms with E-state index < -0.39 is 40.5 Å². The Morgan fingerprint density at radius 1 is 1.10 bits per heavy atom. The van der Waals surface area contributed by atoms with Crippen LogP contribution in [0.3, 0.4) is 0 Å². The molecule has 3 nitrogen and oxygen atoms in total. The molecule has 2 aromatic rings. The highest BCUT2D eigenvalue weighted by Crippen LogP contribution is 2.36. The van der Waals surface area contributed by atoms with Crippen molar-refractivity contribution in [2.24, 2.45) is 5.84 Å². The predicted molar refractivity (Wildman–Crippen MR) is 64.8 cm³/mol. The van der Waals surface area contributed by atoms with E-state index in [-0.39, 0.29) is 0 Å². The van der Waals surface area contributed by atoms with Gasteiger partial charge in [0.2, 0.25) is 0 Å². The molecule has 0 aliphatic heterocycles. The van der Waals surface area contributed by atoms with E-state index in [4.69, 9.17) is 5.84 Å². The maximum atomic E-state index is 13.8. The summed E-state index contributed by atoms with van der Waals surface area (Å²) in [5.74, 6) is 3.20. The molecule has 2 rings (SSSR count). The molecule has 0 saturated heterocycles. The van der Waals surface area contributed by atoms with E-state index in [9.17, 15) is 22.0 Å². The van der Waals surface area contributed by atoms with Gasteiger partial charge in [0.25, 0.3) is 0 Å². The van der Waals surface area contributed by atoms with Crippen LogP contribution in [-0.4, -0.2) is 4.98 Å². The maximum Gasteiger partial charge on any atom is 0.416 e. The van der Waals surface area contributed by atoms with Crippen LogP contribution in [0.1, 0.15) is 22.7 Å². The molecule has 1 aromatic heterocycles. The van der Waals surface area contributed by atoms with Crippen molar-refractivity contribution in [1.29, 1.82) is 0 Å². The Kier molecular flexibility index (Phi) is 4.19. The summed E-state index contributed by atoms with van der Waals surface area (Å²) in [7, 11) is 0. The first-order valence-corrected chi connectivity index (χ1v) is 5.77. The van der Waals surface area contributed by atoms with E-state index in [1.54, 1.807) is 0 Å². The van der Waals surface area contributed by atoms with E-state index in [0.717, 1.165) is 36.7 Å². The van der Waals surface area contributed by atoms with Crippen molar-refractivity contribution in [3.63, 3.8) is 0 Å². The number of rotatable bonds is 3. The van der Waals surface area contributed by atoms with Crippen molar-refractivity contribution in [2.75, 3.05) is 0 Å². The van der Waals surface area contributed by atoms with Gasteiger partial charge in [0, 0.05) is 23.5 Å². The van der Waals surface area contributed by atoms with Gasteiger partial charge in [0.15, 0.2) is 0 Å². The van der Waals surface area contributed by atoms with Crippen molar-refractivity contribution in [2.45, 2.75) is 12.2 Å². The maximum absolute atomic E-state index is 13.8. The number of pyridine rings is 1. The fourth-order valence-corrected chi connectivity index (χ4v) is 2.01. The Hall–Kier alpha value is -2.06. The zero-order valence-corrected chi connectivity index (χ0v) is 10.5. The van der Waals surface area contributed by atoms with E-state index in [2.05, 4.69) is 4.98 Å². The molecule has 0 aliphatic rings. The first-order valence-electron chi connectivity index (χ1n) is 5.77. The highest BCUT2D eigenvalue weighted by Gasteiger charge is 2.36. The standard InChI is InChI=1S/C13H10F5N3/c14-9-2-1-3-10(15)11(9)12(21-19)7-6-20-5-4-8(7)13(16,17)18/h1-6,12,21H,19H2. The third kappa shape index (κ3) is 3.01. The van der Waals surface area contributed by atoms with Crippen molar-refractivity contribution in [1.82, 2.24) is 10.4 Å². The quantitative estimate of drug-likeness (QED) is 0.521. The number of hydrogen-bond acceptors (Lipinski definition) is 3. The molecule has 1 unspecified atom stereocenters. The molecule has 0 saturated carbocycles. The fourth-order valence-electron chi connectivity index (χ4n) is 2.01. The van der Waals surface area contributed by atoms with Gasteiger partial charge in [-0.1, -0.05) is 6.07 Å². The zero-order valence-electron chi connectivity index (χ0n) is 10.5. The summed E-state index contributed by atoms with van der Waals surface area (Å²) < 4.78 is 66.5. The number of halogens is 5. The summed E-state index contributed by atoms with van der Waals surface area (Å²) in [5.41, 5.74) is -0.118. The summed E-state index contributed by atoms with van der Waals surface area (Å²) >= 11 is 0. The lowest BCUT2D eigenvalue weighted by Gasteiger charge is -2.21. The third-order valence-electron chi connectivity index (χ3n) is 2.92. The van der Waals surface area contributed by atoms with Crippen molar-refractivity contribution in [3.05, 3.63) is 65.0 Å². The molecule has 0 fully saturated rings. The molecule has 0 spiro atoms. The first-order chi connectivity index (χ1) is 9.86. The number of aromatic nitrogens is 1. The van der Waals surface area contributed by atoms with Crippen LogP contribution in [0.15, 0.2) is 36.7 Å². The second kappa shape index (κ2) is 5.74. The highest BCUT2D eigenvalue weighted by atomic mass is 19.4. The SMILES string of the molecule is NNC(c1cnccc1C(F)(F)F)c1c(F)cccc1F. The third-order valence-corrected chi connectivity index (χ3v) is 2.92. The number of nitrogens with two attached hydrogens (primary N) is 1. The summed E-state index contributed by atoms with van der Waals surface area (Å²) in [6.07, 6.45) is -2.88. The summed E-state index contributed by atoms with van der Waals surface area (Å²) in [4.78, 5) is 3.57. The summed E-state index contributed by atoms with van der Waals surface area (Å²) in [6, 6.07) is 2.18. The average Bonchev–Trinajstić information content (AvgIpc) is 2.42. The zero-order chi connectivity index (χ0) is 15.6. The second-order valence-corrected chi connectivity index (χ2v) is 4.20. The molecular weight excluding hydrogens is 293 g/mol. The highest BCUT2D eigenvalue weighted by molar-refractivity contribution is 5.38. The van der Waals surface area contributed by atoms with E-state index in [0.29, 0.717) is 0 Å². The number of hydrazine groups is 1. The van der Waals surface area contributed by atoms with E-state index in [1.165, 1.54) is 0 Å². The number of nitrogens with zero attached hydrogens (tertiary/aromatic N) is 1. The Morgan fingerprint density at radius 2 is 1.71 bits per heavy atom. The van der Waals surface area contributed by atoms with Crippen molar-refractivity contribution >= 4 is 0 Å². The predicted octanol–water partition coefficient (Wildman–Crippen LogP) is 2.93. The van der Waals surface area contributed by atoms with Crippen LogP contribution in [0.25, 0.3) is 0 Å². The summed E-state index contributed by atoms with van der Waals surface area (Å²) in [5, 5.41) is 0. The van der Waals surface area contributed by atoms with Gasteiger partial charge in [0.05, 0.1) is 11.6 Å². The van der Waals surface area contributed by atoms with Crippen molar-refractivity contribution in [3.8, 4) is 0 Å². The molecule has 0 amide bonds. The minimum Gasteiger partial charge on any atom is -0.271 e. The molecular formula is C13H10F5N3.